The molecule has 26 heavy (non-hydrogen) atoms. The van der Waals surface area contributed by atoms with Crippen LogP contribution in [0.25, 0.3) is 17.0 Å². The van der Waals surface area contributed by atoms with Gasteiger partial charge in [-0.05, 0) is 48.4 Å². The third-order valence-electron chi connectivity index (χ3n) is 4.03. The Balaban J connectivity index is 1.50. The van der Waals surface area contributed by atoms with Gasteiger partial charge in [-0.2, -0.15) is 0 Å². The zero-order valence-corrected chi connectivity index (χ0v) is 14.0. The fourth-order valence-electron chi connectivity index (χ4n) is 2.64. The lowest BCUT2D eigenvalue weighted by molar-refractivity contribution is -0.124. The number of nitrogens with one attached hydrogen (secondary N) is 2. The van der Waals surface area contributed by atoms with Gasteiger partial charge in [0.15, 0.2) is 0 Å². The quantitative estimate of drug-likeness (QED) is 0.263. The maximum atomic E-state index is 14.0. The Labute approximate surface area is 150 Å². The third-order valence-corrected chi connectivity index (χ3v) is 4.03. The average molecular weight is 354 g/mol. The Bertz CT molecular complexity index is 934. The van der Waals surface area contributed by atoms with Crippen LogP contribution in [0.15, 0.2) is 59.2 Å². The van der Waals surface area contributed by atoms with Crippen molar-refractivity contribution < 1.29 is 18.8 Å². The molecule has 6 heteroatoms. The van der Waals surface area contributed by atoms with E-state index in [0.29, 0.717) is 6.54 Å². The van der Waals surface area contributed by atoms with E-state index < -0.39 is 11.7 Å². The molecule has 0 unspecified atom stereocenters. The van der Waals surface area contributed by atoms with E-state index in [1.807, 2.05) is 18.2 Å². The number of carbonyl (C=O) groups is 1. The number of furan rings is 1. The van der Waals surface area contributed by atoms with Gasteiger partial charge >= 0.3 is 0 Å². The van der Waals surface area contributed by atoms with E-state index in [1.54, 1.807) is 18.4 Å². The molecule has 0 aliphatic carbocycles. The fraction of sp³-hybridized carbons (Fsp3) is 0.150. The molecule has 3 aromatic rings. The molecule has 0 saturated heterocycles. The van der Waals surface area contributed by atoms with Crippen LogP contribution in [0.2, 0.25) is 0 Å². The Morgan fingerprint density at radius 3 is 2.81 bits per heavy atom. The summed E-state index contributed by atoms with van der Waals surface area (Å²) in [6, 6.07) is 12.9. The number of fused-ring (bicyclic) bond motifs is 1. The van der Waals surface area contributed by atoms with E-state index in [9.17, 15) is 9.18 Å². The number of hydroxylamine groups is 1. The third kappa shape index (κ3) is 4.56. The van der Waals surface area contributed by atoms with E-state index in [1.165, 1.54) is 23.2 Å². The van der Waals surface area contributed by atoms with Gasteiger partial charge in [-0.1, -0.05) is 24.3 Å². The number of hydrogen-bond donors (Lipinski definition) is 3. The van der Waals surface area contributed by atoms with Crippen molar-refractivity contribution in [1.82, 2.24) is 10.8 Å². The molecule has 3 rings (SSSR count). The predicted molar refractivity (Wildman–Crippen MR) is 97.0 cm³/mol. The van der Waals surface area contributed by atoms with Gasteiger partial charge in [0.05, 0.1) is 6.26 Å². The first kappa shape index (κ1) is 17.8. The highest BCUT2D eigenvalue weighted by atomic mass is 19.1. The molecule has 0 saturated carbocycles. The van der Waals surface area contributed by atoms with Crippen LogP contribution >= 0.6 is 0 Å². The normalized spacial score (nSPS) is 11.3. The highest BCUT2D eigenvalue weighted by Crippen LogP contribution is 2.17. The van der Waals surface area contributed by atoms with Crippen LogP contribution in [0.4, 0.5) is 4.39 Å². The zero-order chi connectivity index (χ0) is 18.4. The second-order valence-electron chi connectivity index (χ2n) is 5.88. The average Bonchev–Trinajstić information content (AvgIpc) is 3.12. The molecule has 1 heterocycles. The summed E-state index contributed by atoms with van der Waals surface area (Å²) in [7, 11) is 0. The first-order valence-electron chi connectivity index (χ1n) is 8.23. The monoisotopic (exact) mass is 354 g/mol. The molecule has 1 amide bonds. The molecule has 0 spiro atoms. The fourth-order valence-corrected chi connectivity index (χ4v) is 2.64. The summed E-state index contributed by atoms with van der Waals surface area (Å²) in [5.74, 6) is -1.13. The van der Waals surface area contributed by atoms with Crippen LogP contribution in [0.1, 0.15) is 16.7 Å². The molecular weight excluding hydrogens is 335 g/mol. The molecular formula is C20H19FN2O3. The molecule has 0 atom stereocenters. The molecule has 1 aromatic heterocycles. The minimum absolute atomic E-state index is 0.282. The van der Waals surface area contributed by atoms with Crippen molar-refractivity contribution in [3.05, 3.63) is 77.3 Å². The maximum Gasteiger partial charge on any atom is 0.267 e. The summed E-state index contributed by atoms with van der Waals surface area (Å²) < 4.78 is 19.4. The number of carbonyl (C=O) groups excluding carboxylic acids is 1. The lowest BCUT2D eigenvalue weighted by Gasteiger charge is -2.07. The lowest BCUT2D eigenvalue weighted by atomic mass is 10.1. The molecule has 0 fully saturated rings. The minimum Gasteiger partial charge on any atom is -0.464 e. The first-order valence-corrected chi connectivity index (χ1v) is 8.23. The summed E-state index contributed by atoms with van der Waals surface area (Å²) in [5, 5.41) is 12.8. The molecule has 134 valence electrons. The standard InChI is InChI=1S/C20H19FN2O3/c21-18-11-15(2-3-16(18)5-6-20(24)23-25)13-22-9-7-14-1-4-17-8-10-26-19(17)12-14/h1-6,8,10-12,22,25H,7,9,13H2,(H,23,24)/b6-5+. The highest BCUT2D eigenvalue weighted by molar-refractivity contribution is 5.90. The number of benzene rings is 2. The highest BCUT2D eigenvalue weighted by Gasteiger charge is 2.03. The smallest absolute Gasteiger partial charge is 0.267 e. The lowest BCUT2D eigenvalue weighted by Crippen LogP contribution is -2.16. The molecule has 0 aliphatic rings. The van der Waals surface area contributed by atoms with E-state index >= 15 is 0 Å². The van der Waals surface area contributed by atoms with Crippen molar-refractivity contribution in [3.8, 4) is 0 Å². The van der Waals surface area contributed by atoms with E-state index in [2.05, 4.69) is 11.4 Å². The number of halogens is 1. The summed E-state index contributed by atoms with van der Waals surface area (Å²) in [6.07, 6.45) is 4.89. The van der Waals surface area contributed by atoms with Crippen LogP contribution in [0, 0.1) is 5.82 Å². The minimum atomic E-state index is -0.706. The summed E-state index contributed by atoms with van der Waals surface area (Å²) >= 11 is 0. The van der Waals surface area contributed by atoms with Crippen LogP contribution < -0.4 is 10.8 Å². The summed E-state index contributed by atoms with van der Waals surface area (Å²) in [6.45, 7) is 1.30. The van der Waals surface area contributed by atoms with Gasteiger partial charge in [0.25, 0.3) is 5.91 Å². The Morgan fingerprint density at radius 2 is 2.00 bits per heavy atom. The van der Waals surface area contributed by atoms with Crippen LogP contribution in [0.3, 0.4) is 0 Å². The van der Waals surface area contributed by atoms with Crippen molar-refractivity contribution in [2.75, 3.05) is 6.54 Å². The van der Waals surface area contributed by atoms with Crippen LogP contribution in [0.5, 0.6) is 0 Å². The Kier molecular flexibility index (Phi) is 5.78. The molecule has 0 radical (unpaired) electrons. The number of amides is 1. The summed E-state index contributed by atoms with van der Waals surface area (Å²) in [5.41, 5.74) is 4.60. The van der Waals surface area contributed by atoms with Crippen molar-refractivity contribution >= 4 is 23.0 Å². The predicted octanol–water partition coefficient (Wildman–Crippen LogP) is 3.42. The van der Waals surface area contributed by atoms with E-state index in [4.69, 9.17) is 9.62 Å². The van der Waals surface area contributed by atoms with Crippen molar-refractivity contribution in [1.29, 1.82) is 0 Å². The van der Waals surface area contributed by atoms with Crippen LogP contribution in [-0.4, -0.2) is 17.7 Å². The van der Waals surface area contributed by atoms with Gasteiger partial charge in [0.2, 0.25) is 0 Å². The van der Waals surface area contributed by atoms with E-state index in [0.717, 1.165) is 35.6 Å². The molecule has 5 nitrogen and oxygen atoms in total. The topological polar surface area (TPSA) is 74.5 Å². The molecule has 3 N–H and O–H groups in total. The summed E-state index contributed by atoms with van der Waals surface area (Å²) in [4.78, 5) is 10.9. The zero-order valence-electron chi connectivity index (χ0n) is 14.0. The van der Waals surface area contributed by atoms with Gasteiger partial charge in [-0.3, -0.25) is 10.0 Å². The molecule has 2 aromatic carbocycles. The van der Waals surface area contributed by atoms with Gasteiger partial charge < -0.3 is 9.73 Å². The SMILES string of the molecule is O=C(/C=C/c1ccc(CNCCc2ccc3ccoc3c2)cc1F)NO. The Hall–Kier alpha value is -2.96. The van der Waals surface area contributed by atoms with Gasteiger partial charge in [-0.15, -0.1) is 0 Å². The molecule has 0 bridgehead atoms. The van der Waals surface area contributed by atoms with Crippen LogP contribution in [-0.2, 0) is 17.8 Å². The van der Waals surface area contributed by atoms with Crippen molar-refractivity contribution in [2.24, 2.45) is 0 Å². The maximum absolute atomic E-state index is 14.0. The van der Waals surface area contributed by atoms with Crippen molar-refractivity contribution in [3.63, 3.8) is 0 Å². The van der Waals surface area contributed by atoms with Crippen molar-refractivity contribution in [2.45, 2.75) is 13.0 Å². The second kappa shape index (κ2) is 8.42. The largest absolute Gasteiger partial charge is 0.464 e. The second-order valence-corrected chi connectivity index (χ2v) is 5.88. The van der Waals surface area contributed by atoms with Gasteiger partial charge in [-0.25, -0.2) is 9.87 Å². The number of hydrogen-bond acceptors (Lipinski definition) is 4. The van der Waals surface area contributed by atoms with Gasteiger partial charge in [0.1, 0.15) is 11.4 Å². The van der Waals surface area contributed by atoms with Gasteiger partial charge in [0, 0.05) is 23.6 Å². The first-order chi connectivity index (χ1) is 12.7. The Morgan fingerprint density at radius 1 is 1.15 bits per heavy atom. The van der Waals surface area contributed by atoms with E-state index in [-0.39, 0.29) is 5.56 Å². The molecule has 0 aliphatic heterocycles. The number of rotatable bonds is 7.